The number of carbonyl (C=O) groups excluding carboxylic acids is 1. The molecule has 2 aliphatic rings. The van der Waals surface area contributed by atoms with Gasteiger partial charge in [0.15, 0.2) is 11.5 Å². The lowest BCUT2D eigenvalue weighted by atomic mass is 9.69. The number of hydrogen-bond acceptors (Lipinski definition) is 12. The highest BCUT2D eigenvalue weighted by atomic mass is 19.4. The molecular formula is C36H45F3N8O5. The van der Waals surface area contributed by atoms with E-state index in [-0.39, 0.29) is 35.9 Å². The SMILES string of the molecule is CCOC(=O)COC1(C)CCN(c2cnc(-c3nc4nc(-c5cnc(OCC)c(C(F)(F)F)c5)cc(N(C)CC5(COC)CCC5)c4[nH]3)cn2)CC1. The number of methoxy groups -OCH3 is 1. The molecule has 4 aromatic rings. The molecule has 13 nitrogen and oxygen atoms in total. The predicted octanol–water partition coefficient (Wildman–Crippen LogP) is 6.09. The number of nitrogens with zero attached hydrogens (tertiary/aromatic N) is 7. The largest absolute Gasteiger partial charge is 0.478 e. The van der Waals surface area contributed by atoms with Crippen LogP contribution in [0.2, 0.25) is 0 Å². The minimum absolute atomic E-state index is 0.0352. The topological polar surface area (TPSA) is 141 Å². The summed E-state index contributed by atoms with van der Waals surface area (Å²) in [6.07, 6.45) is 4.51. The van der Waals surface area contributed by atoms with Gasteiger partial charge in [-0.3, -0.25) is 0 Å². The number of aromatic amines is 1. The fourth-order valence-corrected chi connectivity index (χ4v) is 6.90. The fourth-order valence-electron chi connectivity index (χ4n) is 6.90. The predicted molar refractivity (Wildman–Crippen MR) is 188 cm³/mol. The zero-order valence-electron chi connectivity index (χ0n) is 30.2. The van der Waals surface area contributed by atoms with Crippen molar-refractivity contribution >= 4 is 28.6 Å². The van der Waals surface area contributed by atoms with Crippen LogP contribution in [0.5, 0.6) is 5.88 Å². The van der Waals surface area contributed by atoms with Crippen molar-refractivity contribution in [3.8, 4) is 28.7 Å². The van der Waals surface area contributed by atoms with E-state index < -0.39 is 23.2 Å². The number of esters is 1. The number of pyridine rings is 2. The average molecular weight is 727 g/mol. The molecule has 1 aliphatic heterocycles. The molecule has 1 saturated heterocycles. The van der Waals surface area contributed by atoms with Crippen molar-refractivity contribution in [2.24, 2.45) is 5.41 Å². The molecule has 5 heterocycles. The zero-order chi connectivity index (χ0) is 37.1. The molecular weight excluding hydrogens is 681 g/mol. The highest BCUT2D eigenvalue weighted by Crippen LogP contribution is 2.44. The molecule has 2 fully saturated rings. The first-order valence-corrected chi connectivity index (χ1v) is 17.5. The van der Waals surface area contributed by atoms with Crippen LogP contribution < -0.4 is 14.5 Å². The summed E-state index contributed by atoms with van der Waals surface area (Å²) in [7, 11) is 3.64. The summed E-state index contributed by atoms with van der Waals surface area (Å²) in [4.78, 5) is 42.2. The number of fused-ring (bicyclic) bond motifs is 1. The molecule has 6 rings (SSSR count). The summed E-state index contributed by atoms with van der Waals surface area (Å²) >= 11 is 0. The molecule has 0 bridgehead atoms. The molecule has 1 saturated carbocycles. The minimum Gasteiger partial charge on any atom is -0.478 e. The number of imidazole rings is 1. The first-order valence-electron chi connectivity index (χ1n) is 17.5. The third-order valence-electron chi connectivity index (χ3n) is 9.89. The number of halogens is 3. The van der Waals surface area contributed by atoms with Gasteiger partial charge in [0.05, 0.1) is 49.2 Å². The van der Waals surface area contributed by atoms with Crippen molar-refractivity contribution in [2.45, 2.75) is 64.7 Å². The Bertz CT molecular complexity index is 1860. The van der Waals surface area contributed by atoms with Gasteiger partial charge in [-0.1, -0.05) is 6.42 Å². The molecule has 52 heavy (non-hydrogen) atoms. The van der Waals surface area contributed by atoms with Gasteiger partial charge in [-0.05, 0) is 58.6 Å². The number of piperidine rings is 1. The summed E-state index contributed by atoms with van der Waals surface area (Å²) < 4.78 is 63.9. The minimum atomic E-state index is -4.68. The maximum absolute atomic E-state index is 14.1. The van der Waals surface area contributed by atoms with E-state index >= 15 is 0 Å². The average Bonchev–Trinajstić information content (AvgIpc) is 3.54. The van der Waals surface area contributed by atoms with E-state index in [2.05, 4.69) is 29.7 Å². The molecule has 4 aromatic heterocycles. The molecule has 0 radical (unpaired) electrons. The van der Waals surface area contributed by atoms with E-state index in [1.807, 2.05) is 14.0 Å². The number of nitrogens with one attached hydrogen (secondary N) is 1. The summed E-state index contributed by atoms with van der Waals surface area (Å²) in [5, 5.41) is 0. The van der Waals surface area contributed by atoms with Crippen LogP contribution in [0.4, 0.5) is 24.7 Å². The monoisotopic (exact) mass is 726 g/mol. The number of carbonyl (C=O) groups is 1. The van der Waals surface area contributed by atoms with Gasteiger partial charge in [-0.2, -0.15) is 13.2 Å². The normalized spacial score (nSPS) is 16.8. The van der Waals surface area contributed by atoms with Gasteiger partial charge < -0.3 is 33.7 Å². The van der Waals surface area contributed by atoms with Crippen molar-refractivity contribution in [3.63, 3.8) is 0 Å². The molecule has 0 spiro atoms. The number of ether oxygens (including phenoxy) is 4. The maximum Gasteiger partial charge on any atom is 0.421 e. The molecule has 1 aliphatic carbocycles. The molecule has 0 atom stereocenters. The number of H-pyrrole nitrogens is 1. The molecule has 280 valence electrons. The van der Waals surface area contributed by atoms with E-state index in [9.17, 15) is 18.0 Å². The smallest absolute Gasteiger partial charge is 0.421 e. The standard InChI is InChI=1S/C36H45F3N8O5/c1-6-50-29(48)20-52-34(3)11-13-47(14-12-34)28-19-40-26(18-41-28)31-44-30-27(46(4)21-35(22-49-5)9-8-10-35)16-25(43-32(30)45-31)23-15-24(36(37,38)39)33(42-17-23)51-7-2/h15-19H,6-14,20-22H2,1-5H3,(H,43,44,45). The second-order valence-electron chi connectivity index (χ2n) is 13.8. The van der Waals surface area contributed by atoms with Crippen molar-refractivity contribution in [1.82, 2.24) is 29.9 Å². The van der Waals surface area contributed by atoms with Gasteiger partial charge in [0.1, 0.15) is 29.2 Å². The Hall–Kier alpha value is -4.57. The van der Waals surface area contributed by atoms with E-state index in [4.69, 9.17) is 28.9 Å². The zero-order valence-corrected chi connectivity index (χ0v) is 30.2. The summed E-state index contributed by atoms with van der Waals surface area (Å²) in [5.41, 5.74) is 1.14. The lowest BCUT2D eigenvalue weighted by molar-refractivity contribution is -0.156. The molecule has 0 amide bonds. The number of anilines is 2. The van der Waals surface area contributed by atoms with Crippen LogP contribution in [0, 0.1) is 5.41 Å². The van der Waals surface area contributed by atoms with Gasteiger partial charge in [-0.15, -0.1) is 0 Å². The third-order valence-corrected chi connectivity index (χ3v) is 9.89. The van der Waals surface area contributed by atoms with Crippen molar-refractivity contribution in [2.75, 3.05) is 70.0 Å². The van der Waals surface area contributed by atoms with Crippen molar-refractivity contribution < 1.29 is 36.9 Å². The van der Waals surface area contributed by atoms with Crippen LogP contribution in [-0.4, -0.2) is 102 Å². The number of aromatic nitrogens is 6. The lowest BCUT2D eigenvalue weighted by Crippen LogP contribution is -2.45. The van der Waals surface area contributed by atoms with Gasteiger partial charge in [-0.25, -0.2) is 29.7 Å². The third kappa shape index (κ3) is 8.07. The molecule has 16 heteroatoms. The summed E-state index contributed by atoms with van der Waals surface area (Å²) in [6, 6.07) is 2.78. The van der Waals surface area contributed by atoms with Crippen LogP contribution in [0.3, 0.4) is 0 Å². The molecule has 0 aromatic carbocycles. The summed E-state index contributed by atoms with van der Waals surface area (Å²) in [5.74, 6) is 0.262. The van der Waals surface area contributed by atoms with Crippen LogP contribution in [0.1, 0.15) is 58.4 Å². The second kappa shape index (κ2) is 15.2. The fraction of sp³-hybridized carbons (Fsp3) is 0.556. The first kappa shape index (κ1) is 37.2. The Morgan fingerprint density at radius 3 is 2.38 bits per heavy atom. The Morgan fingerprint density at radius 2 is 1.77 bits per heavy atom. The highest BCUT2D eigenvalue weighted by molar-refractivity contribution is 5.91. The van der Waals surface area contributed by atoms with Gasteiger partial charge >= 0.3 is 12.1 Å². The Labute approximate surface area is 300 Å². The van der Waals surface area contributed by atoms with Gasteiger partial charge in [0.25, 0.3) is 0 Å². The van der Waals surface area contributed by atoms with Crippen LogP contribution >= 0.6 is 0 Å². The quantitative estimate of drug-likeness (QED) is 0.151. The van der Waals surface area contributed by atoms with Gasteiger partial charge in [0.2, 0.25) is 5.88 Å². The molecule has 1 N–H and O–H groups in total. The van der Waals surface area contributed by atoms with E-state index in [0.29, 0.717) is 74.2 Å². The summed E-state index contributed by atoms with van der Waals surface area (Å²) in [6.45, 7) is 8.25. The van der Waals surface area contributed by atoms with Crippen molar-refractivity contribution in [3.05, 3.63) is 36.3 Å². The lowest BCUT2D eigenvalue weighted by Gasteiger charge is -2.44. The van der Waals surface area contributed by atoms with Crippen LogP contribution in [0.25, 0.3) is 33.9 Å². The van der Waals surface area contributed by atoms with E-state index in [0.717, 1.165) is 31.0 Å². The Balaban J connectivity index is 1.29. The van der Waals surface area contributed by atoms with Crippen molar-refractivity contribution in [1.29, 1.82) is 0 Å². The van der Waals surface area contributed by atoms with Gasteiger partial charge in [0, 0.05) is 51.0 Å². The number of rotatable bonds is 14. The first-order chi connectivity index (χ1) is 24.9. The number of hydrogen-bond donors (Lipinski definition) is 1. The van der Waals surface area contributed by atoms with E-state index in [1.165, 1.54) is 6.20 Å². The Morgan fingerprint density at radius 1 is 1.00 bits per heavy atom. The number of alkyl halides is 3. The maximum atomic E-state index is 14.1. The van der Waals surface area contributed by atoms with E-state index in [1.54, 1.807) is 39.4 Å². The molecule has 0 unspecified atom stereocenters. The van der Waals surface area contributed by atoms with Crippen LogP contribution in [-0.2, 0) is 25.2 Å². The highest BCUT2D eigenvalue weighted by Gasteiger charge is 2.39. The van der Waals surface area contributed by atoms with Crippen LogP contribution in [0.15, 0.2) is 30.7 Å². The Kier molecular flexibility index (Phi) is 10.9. The second-order valence-corrected chi connectivity index (χ2v) is 13.8.